The third-order valence-electron chi connectivity index (χ3n) is 9.09. The lowest BCUT2D eigenvalue weighted by molar-refractivity contribution is 0.0222. The molecule has 4 aliphatic rings. The number of rotatable bonds is 2. The summed E-state index contributed by atoms with van der Waals surface area (Å²) in [5.41, 5.74) is 0.942. The molecule has 2 aliphatic carbocycles. The van der Waals surface area contributed by atoms with E-state index in [0.29, 0.717) is 51.3 Å². The van der Waals surface area contributed by atoms with Gasteiger partial charge in [0, 0.05) is 40.2 Å². The molecule has 2 saturated carbocycles. The third-order valence-corrected chi connectivity index (χ3v) is 9.09. The highest BCUT2D eigenvalue weighted by atomic mass is 16.6. The van der Waals surface area contributed by atoms with E-state index >= 15 is 0 Å². The molecule has 0 aromatic heterocycles. The zero-order valence-electron chi connectivity index (χ0n) is 20.5. The van der Waals surface area contributed by atoms with Gasteiger partial charge in [0.05, 0.1) is 5.56 Å². The molecule has 2 aliphatic heterocycles. The van der Waals surface area contributed by atoms with Crippen molar-refractivity contribution in [2.75, 3.05) is 0 Å². The largest absolute Gasteiger partial charge is 0.508 e. The van der Waals surface area contributed by atoms with Crippen molar-refractivity contribution >= 4 is 5.97 Å². The van der Waals surface area contributed by atoms with Crippen LogP contribution in [0.3, 0.4) is 0 Å². The van der Waals surface area contributed by atoms with Gasteiger partial charge in [0.1, 0.15) is 34.3 Å². The Kier molecular flexibility index (Phi) is 4.05. The number of ether oxygens (including phenoxy) is 3. The SMILES string of the molecule is CC1CCC2C(C)(C)C2(Oc2ccc3c(c2)C2(OC3=O)c3ccc(O)cc3Oc3cc(O)ccc32)C1. The lowest BCUT2D eigenvalue weighted by atomic mass is 9.77. The standard InChI is InChI=1S/C30H28O6/c1-16-4-11-26-28(2,3)29(26,15-16)35-19-7-8-20-23(14-19)30(36-27(20)33)21-9-5-17(31)12-24(21)34-25-13-18(32)6-10-22(25)30/h5-10,12-14,16,26,31-32H,4,11,15H2,1-3H3. The summed E-state index contributed by atoms with van der Waals surface area (Å²) in [4.78, 5) is 13.2. The number of aromatic hydroxyl groups is 2. The molecule has 0 bridgehead atoms. The van der Waals surface area contributed by atoms with Gasteiger partial charge in [-0.15, -0.1) is 0 Å². The van der Waals surface area contributed by atoms with Gasteiger partial charge in [-0.05, 0) is 61.2 Å². The number of carbonyl (C=O) groups excluding carboxylic acids is 1. The van der Waals surface area contributed by atoms with Crippen LogP contribution < -0.4 is 9.47 Å². The van der Waals surface area contributed by atoms with E-state index in [9.17, 15) is 15.0 Å². The summed E-state index contributed by atoms with van der Waals surface area (Å²) in [6.45, 7) is 6.88. The highest BCUT2D eigenvalue weighted by molar-refractivity contribution is 5.97. The fourth-order valence-electron chi connectivity index (χ4n) is 7.19. The maximum absolute atomic E-state index is 13.2. The smallest absolute Gasteiger partial charge is 0.340 e. The number of carbonyl (C=O) groups is 1. The normalized spacial score (nSPS) is 27.7. The quantitative estimate of drug-likeness (QED) is 0.418. The van der Waals surface area contributed by atoms with Crippen LogP contribution in [-0.2, 0) is 10.3 Å². The topological polar surface area (TPSA) is 85.2 Å². The Morgan fingerprint density at radius 2 is 1.56 bits per heavy atom. The van der Waals surface area contributed by atoms with Crippen molar-refractivity contribution in [3.63, 3.8) is 0 Å². The van der Waals surface area contributed by atoms with Crippen molar-refractivity contribution in [2.45, 2.75) is 51.2 Å². The second kappa shape index (κ2) is 6.75. The van der Waals surface area contributed by atoms with Crippen molar-refractivity contribution in [3.8, 4) is 28.7 Å². The van der Waals surface area contributed by atoms with Gasteiger partial charge >= 0.3 is 5.97 Å². The Bertz CT molecular complexity index is 1400. The average Bonchev–Trinajstić information content (AvgIpc) is 3.13. The minimum atomic E-state index is -1.29. The van der Waals surface area contributed by atoms with Crippen LogP contribution in [0.2, 0.25) is 0 Å². The van der Waals surface area contributed by atoms with Crippen LogP contribution in [0.1, 0.15) is 67.1 Å². The highest BCUT2D eigenvalue weighted by Crippen LogP contribution is 2.70. The predicted molar refractivity (Wildman–Crippen MR) is 132 cm³/mol. The summed E-state index contributed by atoms with van der Waals surface area (Å²) < 4.78 is 19.1. The van der Waals surface area contributed by atoms with Crippen LogP contribution in [0.25, 0.3) is 0 Å². The second-order valence-electron chi connectivity index (χ2n) is 11.4. The van der Waals surface area contributed by atoms with E-state index in [0.717, 1.165) is 12.8 Å². The molecule has 0 amide bonds. The molecule has 3 atom stereocenters. The van der Waals surface area contributed by atoms with Crippen molar-refractivity contribution in [3.05, 3.63) is 76.9 Å². The zero-order chi connectivity index (χ0) is 25.0. The van der Waals surface area contributed by atoms with Gasteiger partial charge in [-0.3, -0.25) is 0 Å². The van der Waals surface area contributed by atoms with Gasteiger partial charge < -0.3 is 24.4 Å². The fraction of sp³-hybridized carbons (Fsp3) is 0.367. The Labute approximate surface area is 209 Å². The monoisotopic (exact) mass is 484 g/mol. The number of fused-ring (bicyclic) bond motifs is 7. The van der Waals surface area contributed by atoms with E-state index in [1.54, 1.807) is 30.3 Å². The summed E-state index contributed by atoms with van der Waals surface area (Å²) in [6.07, 6.45) is 3.40. The van der Waals surface area contributed by atoms with Crippen LogP contribution >= 0.6 is 0 Å². The van der Waals surface area contributed by atoms with Gasteiger partial charge in [-0.2, -0.15) is 0 Å². The molecule has 3 aromatic carbocycles. The average molecular weight is 485 g/mol. The molecule has 36 heavy (non-hydrogen) atoms. The molecule has 0 radical (unpaired) electrons. The van der Waals surface area contributed by atoms with Crippen LogP contribution in [-0.4, -0.2) is 21.8 Å². The van der Waals surface area contributed by atoms with E-state index in [2.05, 4.69) is 20.8 Å². The fourth-order valence-corrected chi connectivity index (χ4v) is 7.19. The first-order valence-electron chi connectivity index (χ1n) is 12.6. The van der Waals surface area contributed by atoms with E-state index in [-0.39, 0.29) is 22.5 Å². The molecule has 3 aromatic rings. The maximum Gasteiger partial charge on any atom is 0.340 e. The molecular weight excluding hydrogens is 456 g/mol. The second-order valence-corrected chi connectivity index (χ2v) is 11.4. The molecule has 2 fully saturated rings. The van der Waals surface area contributed by atoms with Crippen LogP contribution in [0.5, 0.6) is 28.7 Å². The lowest BCUT2D eigenvalue weighted by Gasteiger charge is -2.36. The molecule has 2 heterocycles. The highest BCUT2D eigenvalue weighted by Gasteiger charge is 2.74. The van der Waals surface area contributed by atoms with Gasteiger partial charge in [0.15, 0.2) is 5.60 Å². The Hall–Kier alpha value is -3.67. The Balaban J connectivity index is 1.41. The summed E-state index contributed by atoms with van der Waals surface area (Å²) >= 11 is 0. The molecular formula is C30H28O6. The molecule has 1 spiro atoms. The first-order chi connectivity index (χ1) is 17.2. The van der Waals surface area contributed by atoms with Crippen LogP contribution in [0.4, 0.5) is 0 Å². The minimum Gasteiger partial charge on any atom is -0.508 e. The van der Waals surface area contributed by atoms with E-state index in [1.165, 1.54) is 18.6 Å². The van der Waals surface area contributed by atoms with E-state index < -0.39 is 11.6 Å². The molecule has 2 N–H and O–H groups in total. The minimum absolute atomic E-state index is 0.0293. The first-order valence-corrected chi connectivity index (χ1v) is 12.6. The van der Waals surface area contributed by atoms with Crippen LogP contribution in [0, 0.1) is 17.3 Å². The van der Waals surface area contributed by atoms with E-state index in [1.807, 2.05) is 12.1 Å². The number of phenols is 2. The molecule has 0 saturated heterocycles. The summed E-state index contributed by atoms with van der Waals surface area (Å²) in [6, 6.07) is 15.1. The summed E-state index contributed by atoms with van der Waals surface area (Å²) in [5, 5.41) is 20.3. The zero-order valence-corrected chi connectivity index (χ0v) is 20.5. The van der Waals surface area contributed by atoms with E-state index in [4.69, 9.17) is 14.2 Å². The Morgan fingerprint density at radius 3 is 2.22 bits per heavy atom. The molecule has 3 unspecified atom stereocenters. The van der Waals surface area contributed by atoms with Gasteiger partial charge in [0.2, 0.25) is 0 Å². The number of phenolic OH excluding ortho intramolecular Hbond substituents is 2. The van der Waals surface area contributed by atoms with Gasteiger partial charge in [0.25, 0.3) is 0 Å². The van der Waals surface area contributed by atoms with Crippen molar-refractivity contribution in [1.82, 2.24) is 0 Å². The number of benzene rings is 3. The lowest BCUT2D eigenvalue weighted by Crippen LogP contribution is -2.33. The van der Waals surface area contributed by atoms with Crippen LogP contribution in [0.15, 0.2) is 54.6 Å². The maximum atomic E-state index is 13.2. The summed E-state index contributed by atoms with van der Waals surface area (Å²) in [7, 11) is 0. The molecule has 184 valence electrons. The number of esters is 1. The van der Waals surface area contributed by atoms with Crippen molar-refractivity contribution in [1.29, 1.82) is 0 Å². The molecule has 6 nitrogen and oxygen atoms in total. The first kappa shape index (κ1) is 21.6. The number of hydrogen-bond acceptors (Lipinski definition) is 6. The molecule has 7 rings (SSSR count). The predicted octanol–water partition coefficient (Wildman–Crippen LogP) is 6.26. The Morgan fingerprint density at radius 1 is 0.889 bits per heavy atom. The third kappa shape index (κ3) is 2.59. The molecule has 6 heteroatoms. The number of hydrogen-bond donors (Lipinski definition) is 2. The van der Waals surface area contributed by atoms with Crippen molar-refractivity contribution < 1.29 is 29.2 Å². The van der Waals surface area contributed by atoms with Gasteiger partial charge in [-0.1, -0.05) is 27.2 Å². The summed E-state index contributed by atoms with van der Waals surface area (Å²) in [5.74, 6) is 2.17. The van der Waals surface area contributed by atoms with Gasteiger partial charge in [-0.25, -0.2) is 4.79 Å². The van der Waals surface area contributed by atoms with Crippen molar-refractivity contribution in [2.24, 2.45) is 17.3 Å².